The molecule has 0 saturated heterocycles. The molecule has 5 nitrogen and oxygen atoms in total. The van der Waals surface area contributed by atoms with Gasteiger partial charge in [-0.05, 0) is 60.9 Å². The minimum absolute atomic E-state index is 0.101. The van der Waals surface area contributed by atoms with Gasteiger partial charge in [0.05, 0.1) is 17.3 Å². The Bertz CT molecular complexity index is 951. The van der Waals surface area contributed by atoms with E-state index in [1.54, 1.807) is 18.2 Å². The third-order valence-electron chi connectivity index (χ3n) is 4.48. The van der Waals surface area contributed by atoms with Gasteiger partial charge in [0, 0.05) is 14.5 Å². The monoisotopic (exact) mass is 504 g/mol. The molecule has 28 heavy (non-hydrogen) atoms. The van der Waals surface area contributed by atoms with Crippen LogP contribution in [0.2, 0.25) is 0 Å². The molecule has 144 valence electrons. The van der Waals surface area contributed by atoms with Gasteiger partial charge in [0.25, 0.3) is 5.91 Å². The van der Waals surface area contributed by atoms with E-state index in [-0.39, 0.29) is 17.9 Å². The summed E-state index contributed by atoms with van der Waals surface area (Å²) in [6.45, 7) is 1.92. The lowest BCUT2D eigenvalue weighted by atomic mass is 9.92. The number of hydrazone groups is 1. The zero-order valence-corrected chi connectivity index (χ0v) is 18.3. The molecule has 1 aliphatic rings. The van der Waals surface area contributed by atoms with Gasteiger partial charge in [-0.25, -0.2) is 9.80 Å². The number of halogens is 2. The van der Waals surface area contributed by atoms with E-state index in [1.807, 2.05) is 43.3 Å². The third kappa shape index (κ3) is 4.59. The summed E-state index contributed by atoms with van der Waals surface area (Å²) in [5, 5.41) is 15.5. The van der Waals surface area contributed by atoms with Crippen LogP contribution in [0.25, 0.3) is 6.08 Å². The fourth-order valence-electron chi connectivity index (χ4n) is 3.02. The highest BCUT2D eigenvalue weighted by atomic mass is 79.9. The lowest BCUT2D eigenvalue weighted by Crippen LogP contribution is -2.28. The van der Waals surface area contributed by atoms with E-state index >= 15 is 0 Å². The molecule has 7 heteroatoms. The second kappa shape index (κ2) is 8.84. The zero-order valence-electron chi connectivity index (χ0n) is 15.1. The molecule has 3 rings (SSSR count). The van der Waals surface area contributed by atoms with Gasteiger partial charge < -0.3 is 5.11 Å². The van der Waals surface area contributed by atoms with Crippen molar-refractivity contribution in [1.82, 2.24) is 0 Å². The van der Waals surface area contributed by atoms with Gasteiger partial charge in [0.15, 0.2) is 0 Å². The number of benzene rings is 2. The first-order valence-electron chi connectivity index (χ1n) is 8.75. The lowest BCUT2D eigenvalue weighted by molar-refractivity contribution is -0.132. The summed E-state index contributed by atoms with van der Waals surface area (Å²) in [7, 11) is 0. The van der Waals surface area contributed by atoms with Crippen molar-refractivity contribution in [3.8, 4) is 0 Å². The Labute approximate surface area is 180 Å². The Morgan fingerprint density at radius 2 is 1.68 bits per heavy atom. The number of carbonyl (C=O) groups excluding carboxylic acids is 1. The summed E-state index contributed by atoms with van der Waals surface area (Å²) in [6.07, 6.45) is 2.29. The van der Waals surface area contributed by atoms with Crippen LogP contribution in [0.4, 0.5) is 5.69 Å². The molecule has 0 bridgehead atoms. The van der Waals surface area contributed by atoms with E-state index < -0.39 is 11.9 Å². The van der Waals surface area contributed by atoms with Gasteiger partial charge in [0.2, 0.25) is 0 Å². The third-order valence-corrected chi connectivity index (χ3v) is 5.54. The Balaban J connectivity index is 1.87. The predicted molar refractivity (Wildman–Crippen MR) is 117 cm³/mol. The van der Waals surface area contributed by atoms with Gasteiger partial charge in [-0.1, -0.05) is 50.9 Å². The maximum Gasteiger partial charge on any atom is 0.331 e. The number of carboxylic acid groups (broad SMARTS) is 1. The molecule has 1 N–H and O–H groups in total. The first kappa shape index (κ1) is 20.5. The minimum Gasteiger partial charge on any atom is -0.478 e. The average Bonchev–Trinajstić information content (AvgIpc) is 2.99. The standard InChI is InChI=1S/C21H18Br2N2O3/c1-2-19-18(20(26)25(24-19)17-9-7-16(23)8-10-17)12-14(21(27)28)11-13-3-5-15(22)6-4-13/h3-11,18H,2,12H2,1H3,(H,27,28)/b14-11-. The summed E-state index contributed by atoms with van der Waals surface area (Å²) in [4.78, 5) is 24.8. The summed E-state index contributed by atoms with van der Waals surface area (Å²) in [5.74, 6) is -1.82. The van der Waals surface area contributed by atoms with E-state index in [1.165, 1.54) is 5.01 Å². The summed E-state index contributed by atoms with van der Waals surface area (Å²) >= 11 is 6.74. The van der Waals surface area contributed by atoms with Gasteiger partial charge >= 0.3 is 5.97 Å². The topological polar surface area (TPSA) is 70.0 Å². The summed E-state index contributed by atoms with van der Waals surface area (Å²) < 4.78 is 1.82. The van der Waals surface area contributed by atoms with Crippen LogP contribution in [0.1, 0.15) is 25.3 Å². The molecule has 2 aromatic rings. The number of carboxylic acids is 1. The van der Waals surface area contributed by atoms with Crippen molar-refractivity contribution in [1.29, 1.82) is 0 Å². The van der Waals surface area contributed by atoms with Crippen molar-refractivity contribution in [2.45, 2.75) is 19.8 Å². The maximum atomic E-state index is 13.0. The summed E-state index contributed by atoms with van der Waals surface area (Å²) in [6, 6.07) is 14.6. The molecule has 1 unspecified atom stereocenters. The van der Waals surface area contributed by atoms with Crippen molar-refractivity contribution >= 4 is 61.2 Å². The Hall–Kier alpha value is -2.25. The van der Waals surface area contributed by atoms with Crippen molar-refractivity contribution in [2.75, 3.05) is 5.01 Å². The highest BCUT2D eigenvalue weighted by molar-refractivity contribution is 9.10. The molecular formula is C21H18Br2N2O3. The number of rotatable bonds is 6. The highest BCUT2D eigenvalue weighted by Gasteiger charge is 2.37. The second-order valence-corrected chi connectivity index (χ2v) is 8.19. The molecule has 1 atom stereocenters. The van der Waals surface area contributed by atoms with Crippen LogP contribution in [0, 0.1) is 5.92 Å². The number of anilines is 1. The maximum absolute atomic E-state index is 13.0. The van der Waals surface area contributed by atoms with Crippen LogP contribution in [0.3, 0.4) is 0 Å². The van der Waals surface area contributed by atoms with Gasteiger partial charge in [-0.15, -0.1) is 0 Å². The van der Waals surface area contributed by atoms with E-state index in [0.717, 1.165) is 14.5 Å². The fraction of sp³-hybridized carbons (Fsp3) is 0.190. The molecule has 1 amide bonds. The molecule has 0 aliphatic carbocycles. The van der Waals surface area contributed by atoms with Crippen molar-refractivity contribution < 1.29 is 14.7 Å². The fourth-order valence-corrected chi connectivity index (χ4v) is 3.54. The lowest BCUT2D eigenvalue weighted by Gasteiger charge is -2.15. The zero-order chi connectivity index (χ0) is 20.3. The smallest absolute Gasteiger partial charge is 0.331 e. The molecule has 1 heterocycles. The van der Waals surface area contributed by atoms with E-state index in [4.69, 9.17) is 0 Å². The first-order chi connectivity index (χ1) is 13.4. The Morgan fingerprint density at radius 1 is 1.11 bits per heavy atom. The van der Waals surface area contributed by atoms with E-state index in [2.05, 4.69) is 37.0 Å². The molecule has 0 fully saturated rings. The minimum atomic E-state index is -1.03. The predicted octanol–water partition coefficient (Wildman–Crippen LogP) is 5.50. The largest absolute Gasteiger partial charge is 0.478 e. The van der Waals surface area contributed by atoms with Gasteiger partial charge in [0.1, 0.15) is 0 Å². The quantitative estimate of drug-likeness (QED) is 0.527. The van der Waals surface area contributed by atoms with Gasteiger partial charge in [-0.3, -0.25) is 4.79 Å². The Morgan fingerprint density at radius 3 is 2.21 bits per heavy atom. The van der Waals surface area contributed by atoms with Crippen LogP contribution in [-0.4, -0.2) is 22.7 Å². The molecule has 0 radical (unpaired) electrons. The van der Waals surface area contributed by atoms with Crippen LogP contribution in [0.15, 0.2) is 68.2 Å². The molecule has 2 aromatic carbocycles. The van der Waals surface area contributed by atoms with Crippen LogP contribution < -0.4 is 5.01 Å². The Kier molecular flexibility index (Phi) is 6.46. The number of hydrogen-bond donors (Lipinski definition) is 1. The van der Waals surface area contributed by atoms with Crippen molar-refractivity contribution in [3.63, 3.8) is 0 Å². The highest BCUT2D eigenvalue weighted by Crippen LogP contribution is 2.30. The van der Waals surface area contributed by atoms with Crippen molar-refractivity contribution in [3.05, 3.63) is 68.6 Å². The first-order valence-corrected chi connectivity index (χ1v) is 10.3. The molecule has 0 saturated carbocycles. The number of aliphatic carboxylic acids is 1. The normalized spacial score (nSPS) is 17.0. The number of hydrogen-bond acceptors (Lipinski definition) is 3. The molecule has 0 spiro atoms. The molecule has 0 aromatic heterocycles. The second-order valence-electron chi connectivity index (χ2n) is 6.35. The van der Waals surface area contributed by atoms with Crippen LogP contribution in [0.5, 0.6) is 0 Å². The van der Waals surface area contributed by atoms with Gasteiger partial charge in [-0.2, -0.15) is 5.10 Å². The SMILES string of the molecule is CCC1=NN(c2ccc(Br)cc2)C(=O)C1C/C(=C/c1ccc(Br)cc1)C(=O)O. The van der Waals surface area contributed by atoms with E-state index in [9.17, 15) is 14.7 Å². The van der Waals surface area contributed by atoms with Crippen molar-refractivity contribution in [2.24, 2.45) is 11.0 Å². The number of nitrogens with zero attached hydrogens (tertiary/aromatic N) is 2. The summed E-state index contributed by atoms with van der Waals surface area (Å²) in [5.41, 5.74) is 2.30. The number of amides is 1. The molecule has 1 aliphatic heterocycles. The van der Waals surface area contributed by atoms with E-state index in [0.29, 0.717) is 17.8 Å². The van der Waals surface area contributed by atoms with Crippen LogP contribution >= 0.6 is 31.9 Å². The van der Waals surface area contributed by atoms with Crippen LogP contribution in [-0.2, 0) is 9.59 Å². The average molecular weight is 506 g/mol. The number of carbonyl (C=O) groups is 2. The molecular weight excluding hydrogens is 488 g/mol.